The molecular weight excluding hydrogens is 290 g/mol. The molecule has 5 nitrogen and oxygen atoms in total. The van der Waals surface area contributed by atoms with Crippen LogP contribution in [0.4, 0.5) is 0 Å². The van der Waals surface area contributed by atoms with E-state index in [2.05, 4.69) is 4.72 Å². The third-order valence-corrected chi connectivity index (χ3v) is 5.44. The van der Waals surface area contributed by atoms with Crippen molar-refractivity contribution in [3.63, 3.8) is 0 Å². The van der Waals surface area contributed by atoms with Gasteiger partial charge in [0.25, 0.3) is 0 Å². The summed E-state index contributed by atoms with van der Waals surface area (Å²) in [6.07, 6.45) is 1.35. The van der Waals surface area contributed by atoms with Crippen molar-refractivity contribution in [2.24, 2.45) is 5.41 Å². The lowest BCUT2D eigenvalue weighted by Crippen LogP contribution is -2.44. The van der Waals surface area contributed by atoms with Gasteiger partial charge in [-0.05, 0) is 30.9 Å². The van der Waals surface area contributed by atoms with Crippen LogP contribution in [0.3, 0.4) is 0 Å². The molecule has 21 heavy (non-hydrogen) atoms. The number of aliphatic hydroxyl groups excluding tert-OH is 1. The Bertz CT molecular complexity index is 565. The molecule has 0 unspecified atom stereocenters. The Balaban J connectivity index is 1.99. The summed E-state index contributed by atoms with van der Waals surface area (Å²) < 4.78 is 32.4. The molecule has 1 heterocycles. The van der Waals surface area contributed by atoms with Crippen LogP contribution < -0.4 is 4.72 Å². The standard InChI is InChI=1S/C15H23NO4S/c1-13-4-2-3-5-14(13)10-21(18,19)16-11-15(12-17)6-8-20-9-7-15/h2-5,16-17H,6-12H2,1H3. The van der Waals surface area contributed by atoms with Gasteiger partial charge in [0, 0.05) is 25.2 Å². The van der Waals surface area contributed by atoms with Crippen LogP contribution in [0.2, 0.25) is 0 Å². The third-order valence-electron chi connectivity index (χ3n) is 4.16. The number of aryl methyl sites for hydroxylation is 1. The largest absolute Gasteiger partial charge is 0.396 e. The Kier molecular flexibility index (Phi) is 5.37. The molecule has 1 aliphatic heterocycles. The number of aliphatic hydroxyl groups is 1. The molecule has 1 saturated heterocycles. The fraction of sp³-hybridized carbons (Fsp3) is 0.600. The van der Waals surface area contributed by atoms with Gasteiger partial charge in [-0.1, -0.05) is 24.3 Å². The fourth-order valence-corrected chi connectivity index (χ4v) is 3.85. The van der Waals surface area contributed by atoms with Crippen LogP contribution in [-0.4, -0.2) is 39.9 Å². The van der Waals surface area contributed by atoms with E-state index < -0.39 is 15.4 Å². The van der Waals surface area contributed by atoms with E-state index in [0.29, 0.717) is 26.1 Å². The van der Waals surface area contributed by atoms with E-state index in [1.807, 2.05) is 31.2 Å². The molecule has 2 rings (SSSR count). The number of hydrogen-bond acceptors (Lipinski definition) is 4. The molecule has 118 valence electrons. The zero-order valence-electron chi connectivity index (χ0n) is 12.3. The predicted octanol–water partition coefficient (Wildman–Crippen LogP) is 1.20. The number of ether oxygens (including phenoxy) is 1. The first kappa shape index (κ1) is 16.4. The lowest BCUT2D eigenvalue weighted by Gasteiger charge is -2.35. The van der Waals surface area contributed by atoms with Crippen molar-refractivity contribution >= 4 is 10.0 Å². The summed E-state index contributed by atoms with van der Waals surface area (Å²) in [5, 5.41) is 9.58. The van der Waals surface area contributed by atoms with E-state index in [1.54, 1.807) is 0 Å². The molecule has 0 radical (unpaired) electrons. The Labute approximate surface area is 126 Å². The van der Waals surface area contributed by atoms with Crippen LogP contribution in [0.15, 0.2) is 24.3 Å². The normalized spacial score (nSPS) is 18.6. The number of rotatable bonds is 6. The highest BCUT2D eigenvalue weighted by molar-refractivity contribution is 7.88. The van der Waals surface area contributed by atoms with Crippen molar-refractivity contribution in [1.29, 1.82) is 0 Å². The minimum atomic E-state index is -3.41. The zero-order chi connectivity index (χ0) is 15.3. The Morgan fingerprint density at radius 3 is 2.57 bits per heavy atom. The molecular formula is C15H23NO4S. The van der Waals surface area contributed by atoms with Crippen LogP contribution in [0.1, 0.15) is 24.0 Å². The number of benzene rings is 1. The van der Waals surface area contributed by atoms with Crippen LogP contribution in [-0.2, 0) is 20.5 Å². The van der Waals surface area contributed by atoms with Crippen molar-refractivity contribution in [3.8, 4) is 0 Å². The first-order chi connectivity index (χ1) is 9.96. The van der Waals surface area contributed by atoms with E-state index in [4.69, 9.17) is 4.74 Å². The molecule has 1 aromatic rings. The van der Waals surface area contributed by atoms with Crippen molar-refractivity contribution in [2.45, 2.75) is 25.5 Å². The van der Waals surface area contributed by atoms with Gasteiger partial charge in [0.2, 0.25) is 10.0 Å². The van der Waals surface area contributed by atoms with Gasteiger partial charge in [-0.2, -0.15) is 0 Å². The molecule has 0 bridgehead atoms. The van der Waals surface area contributed by atoms with Crippen LogP contribution in [0.5, 0.6) is 0 Å². The van der Waals surface area contributed by atoms with E-state index in [9.17, 15) is 13.5 Å². The average Bonchev–Trinajstić information content (AvgIpc) is 2.49. The number of nitrogens with one attached hydrogen (secondary N) is 1. The van der Waals surface area contributed by atoms with Crippen LogP contribution in [0.25, 0.3) is 0 Å². The summed E-state index contributed by atoms with van der Waals surface area (Å²) in [5.74, 6) is -0.0301. The molecule has 6 heteroatoms. The van der Waals surface area contributed by atoms with Crippen LogP contribution >= 0.6 is 0 Å². The first-order valence-corrected chi connectivity index (χ1v) is 8.82. The number of hydrogen-bond donors (Lipinski definition) is 2. The molecule has 2 N–H and O–H groups in total. The summed E-state index contributed by atoms with van der Waals surface area (Å²) in [5.41, 5.74) is 1.37. The first-order valence-electron chi connectivity index (χ1n) is 7.17. The van der Waals surface area contributed by atoms with Gasteiger partial charge < -0.3 is 9.84 Å². The van der Waals surface area contributed by atoms with Crippen molar-refractivity contribution in [2.75, 3.05) is 26.4 Å². The predicted molar refractivity (Wildman–Crippen MR) is 81.4 cm³/mol. The maximum Gasteiger partial charge on any atom is 0.215 e. The van der Waals surface area contributed by atoms with Crippen molar-refractivity contribution in [1.82, 2.24) is 4.72 Å². The van der Waals surface area contributed by atoms with Crippen LogP contribution in [0, 0.1) is 12.3 Å². The Hall–Kier alpha value is -0.950. The molecule has 1 fully saturated rings. The number of sulfonamides is 1. The van der Waals surface area contributed by atoms with E-state index >= 15 is 0 Å². The summed E-state index contributed by atoms with van der Waals surface area (Å²) in [4.78, 5) is 0. The highest BCUT2D eigenvalue weighted by Crippen LogP contribution is 2.29. The van der Waals surface area contributed by atoms with Crippen molar-refractivity contribution < 1.29 is 18.3 Å². The van der Waals surface area contributed by atoms with Gasteiger partial charge in [-0.3, -0.25) is 0 Å². The molecule has 0 amide bonds. The summed E-state index contributed by atoms with van der Waals surface area (Å²) in [6.45, 7) is 3.28. The quantitative estimate of drug-likeness (QED) is 0.827. The molecule has 0 aromatic heterocycles. The average molecular weight is 313 g/mol. The smallest absolute Gasteiger partial charge is 0.215 e. The minimum Gasteiger partial charge on any atom is -0.396 e. The lowest BCUT2D eigenvalue weighted by molar-refractivity contribution is -0.0126. The minimum absolute atomic E-state index is 0.0246. The molecule has 0 atom stereocenters. The third kappa shape index (κ3) is 4.51. The summed E-state index contributed by atoms with van der Waals surface area (Å²) in [7, 11) is -3.41. The van der Waals surface area contributed by atoms with Gasteiger partial charge in [0.05, 0.1) is 12.4 Å². The highest BCUT2D eigenvalue weighted by Gasteiger charge is 2.33. The summed E-state index contributed by atoms with van der Waals surface area (Å²) >= 11 is 0. The monoisotopic (exact) mass is 313 g/mol. The molecule has 1 aromatic carbocycles. The fourth-order valence-electron chi connectivity index (χ4n) is 2.49. The lowest BCUT2D eigenvalue weighted by atomic mass is 9.81. The van der Waals surface area contributed by atoms with Gasteiger partial charge in [0.1, 0.15) is 0 Å². The maximum absolute atomic E-state index is 12.2. The second kappa shape index (κ2) is 6.87. The summed E-state index contributed by atoms with van der Waals surface area (Å²) in [6, 6.07) is 7.45. The second-order valence-electron chi connectivity index (χ2n) is 5.78. The zero-order valence-corrected chi connectivity index (χ0v) is 13.2. The van der Waals surface area contributed by atoms with Gasteiger partial charge in [-0.15, -0.1) is 0 Å². The van der Waals surface area contributed by atoms with Gasteiger partial charge >= 0.3 is 0 Å². The van der Waals surface area contributed by atoms with Crippen molar-refractivity contribution in [3.05, 3.63) is 35.4 Å². The maximum atomic E-state index is 12.2. The van der Waals surface area contributed by atoms with E-state index in [-0.39, 0.29) is 18.9 Å². The van der Waals surface area contributed by atoms with E-state index in [0.717, 1.165) is 11.1 Å². The SMILES string of the molecule is Cc1ccccc1CS(=O)(=O)NCC1(CO)CCOCC1. The highest BCUT2D eigenvalue weighted by atomic mass is 32.2. The van der Waals surface area contributed by atoms with Gasteiger partial charge in [-0.25, -0.2) is 13.1 Å². The Morgan fingerprint density at radius 2 is 1.95 bits per heavy atom. The molecule has 0 aliphatic carbocycles. The topological polar surface area (TPSA) is 75.6 Å². The second-order valence-corrected chi connectivity index (χ2v) is 7.58. The molecule has 1 aliphatic rings. The Morgan fingerprint density at radius 1 is 1.29 bits per heavy atom. The van der Waals surface area contributed by atoms with E-state index in [1.165, 1.54) is 0 Å². The molecule has 0 spiro atoms. The van der Waals surface area contributed by atoms with Gasteiger partial charge in [0.15, 0.2) is 0 Å². The molecule has 0 saturated carbocycles.